The van der Waals surface area contributed by atoms with Crippen LogP contribution in [0.3, 0.4) is 0 Å². The number of pyridine rings is 2. The maximum absolute atomic E-state index is 11.7. The summed E-state index contributed by atoms with van der Waals surface area (Å²) in [7, 11) is 0. The first kappa shape index (κ1) is 23.5. The average molecular weight is 516 g/mol. The topological polar surface area (TPSA) is 115 Å². The molecule has 5 heterocycles. The minimum absolute atomic E-state index is 0.171. The summed E-state index contributed by atoms with van der Waals surface area (Å²) in [6.07, 6.45) is 14.7. The Morgan fingerprint density at radius 3 is 2.73 bits per heavy atom. The zero-order valence-electron chi connectivity index (χ0n) is 20.4. The maximum Gasteiger partial charge on any atom is 0.439 e. The quantitative estimate of drug-likeness (QED) is 0.326. The minimum atomic E-state index is -0.663. The Hall–Kier alpha value is -3.85. The van der Waals surface area contributed by atoms with Gasteiger partial charge in [0.1, 0.15) is 5.69 Å². The van der Waals surface area contributed by atoms with Gasteiger partial charge in [-0.3, -0.25) is 19.5 Å². The van der Waals surface area contributed by atoms with Gasteiger partial charge in [-0.25, -0.2) is 14.8 Å². The van der Waals surface area contributed by atoms with Gasteiger partial charge in [-0.1, -0.05) is 42.6 Å². The Balaban J connectivity index is 1.56. The number of rotatable bonds is 6. The monoisotopic (exact) mass is 515 g/mol. The van der Waals surface area contributed by atoms with E-state index in [2.05, 4.69) is 43.9 Å². The molecule has 0 bridgehead atoms. The number of hydrogen-bond acceptors (Lipinski definition) is 7. The fraction of sp³-hybridized carbons (Fsp3) is 0.333. The standard InChI is InChI=1S/C27H26ClN7O2/c1-16-4-6-17(7-5-16)14-35-15-20(9-18-3-2-8-29-11-18)23-24(35)22(19-10-21(28)13-30-12-19)31-25(32-23)26-33-27(36)37-34-26/h2-3,8,10-13,15-17H,4-7,9,14H2,1H3,(H,33,34,36)/t16-,17-. The molecule has 0 radical (unpaired) electrons. The highest BCUT2D eigenvalue weighted by molar-refractivity contribution is 6.30. The van der Waals surface area contributed by atoms with Crippen molar-refractivity contribution in [2.24, 2.45) is 11.8 Å². The van der Waals surface area contributed by atoms with Crippen LogP contribution in [0.4, 0.5) is 0 Å². The summed E-state index contributed by atoms with van der Waals surface area (Å²) < 4.78 is 7.03. The van der Waals surface area contributed by atoms with Crippen molar-refractivity contribution in [1.29, 1.82) is 0 Å². The van der Waals surface area contributed by atoms with E-state index < -0.39 is 5.76 Å². The SMILES string of the molecule is C[C@H]1CC[C@H](Cn2cc(Cc3cccnc3)c3nc(-c4noc(=O)[nH]4)nc(-c4cncc(Cl)c4)c32)CC1. The second-order valence-corrected chi connectivity index (χ2v) is 10.3. The number of halogens is 1. The molecule has 1 aliphatic carbocycles. The molecule has 0 saturated heterocycles. The van der Waals surface area contributed by atoms with Crippen molar-refractivity contribution in [3.05, 3.63) is 75.9 Å². The normalized spacial score (nSPS) is 17.9. The van der Waals surface area contributed by atoms with Crippen LogP contribution in [0.25, 0.3) is 33.9 Å². The van der Waals surface area contributed by atoms with Gasteiger partial charge in [0.25, 0.3) is 0 Å². The summed E-state index contributed by atoms with van der Waals surface area (Å²) in [5.41, 5.74) is 5.26. The summed E-state index contributed by atoms with van der Waals surface area (Å²) >= 11 is 6.33. The van der Waals surface area contributed by atoms with Crippen molar-refractivity contribution in [2.75, 3.05) is 0 Å². The molecule has 6 rings (SSSR count). The van der Waals surface area contributed by atoms with Gasteiger partial charge in [-0.05, 0) is 42.4 Å². The zero-order chi connectivity index (χ0) is 25.4. The predicted molar refractivity (Wildman–Crippen MR) is 140 cm³/mol. The Morgan fingerprint density at radius 2 is 2.00 bits per heavy atom. The van der Waals surface area contributed by atoms with E-state index in [1.54, 1.807) is 18.6 Å². The second kappa shape index (κ2) is 9.89. The van der Waals surface area contributed by atoms with Crippen LogP contribution < -0.4 is 5.76 Å². The van der Waals surface area contributed by atoms with Crippen molar-refractivity contribution in [3.8, 4) is 22.9 Å². The molecular weight excluding hydrogens is 490 g/mol. The van der Waals surface area contributed by atoms with Crippen molar-refractivity contribution in [3.63, 3.8) is 0 Å². The highest BCUT2D eigenvalue weighted by Crippen LogP contribution is 2.35. The van der Waals surface area contributed by atoms with Gasteiger partial charge in [-0.2, -0.15) is 0 Å². The van der Waals surface area contributed by atoms with Gasteiger partial charge in [-0.15, -0.1) is 0 Å². The fourth-order valence-corrected chi connectivity index (χ4v) is 5.40. The molecule has 0 aliphatic heterocycles. The molecule has 37 heavy (non-hydrogen) atoms. The van der Waals surface area contributed by atoms with Gasteiger partial charge in [0, 0.05) is 55.1 Å². The van der Waals surface area contributed by atoms with Crippen LogP contribution in [0.1, 0.15) is 43.7 Å². The number of aromatic amines is 1. The number of fused-ring (bicyclic) bond motifs is 1. The molecule has 5 aromatic heterocycles. The van der Waals surface area contributed by atoms with Crippen LogP contribution in [-0.2, 0) is 13.0 Å². The summed E-state index contributed by atoms with van der Waals surface area (Å²) in [5.74, 6) is 1.14. The van der Waals surface area contributed by atoms with Crippen LogP contribution in [0.5, 0.6) is 0 Å². The number of nitrogens with one attached hydrogen (secondary N) is 1. The highest BCUT2D eigenvalue weighted by Gasteiger charge is 2.24. The molecule has 0 aromatic carbocycles. The largest absolute Gasteiger partial charge is 0.439 e. The zero-order valence-corrected chi connectivity index (χ0v) is 21.1. The van der Waals surface area contributed by atoms with Crippen molar-refractivity contribution in [1.82, 2.24) is 34.6 Å². The minimum Gasteiger partial charge on any atom is -0.344 e. The summed E-state index contributed by atoms with van der Waals surface area (Å²) in [6.45, 7) is 3.21. The third kappa shape index (κ3) is 4.91. The molecule has 1 aliphatic rings. The van der Waals surface area contributed by atoms with Crippen LogP contribution >= 0.6 is 11.6 Å². The molecular formula is C27H26ClN7O2. The van der Waals surface area contributed by atoms with E-state index in [-0.39, 0.29) is 11.6 Å². The molecule has 188 valence electrons. The Bertz CT molecular complexity index is 1600. The molecule has 0 unspecified atom stereocenters. The molecule has 1 N–H and O–H groups in total. The van der Waals surface area contributed by atoms with E-state index in [9.17, 15) is 4.79 Å². The van der Waals surface area contributed by atoms with E-state index in [1.807, 2.05) is 18.3 Å². The molecule has 1 fully saturated rings. The van der Waals surface area contributed by atoms with E-state index in [0.717, 1.165) is 40.2 Å². The van der Waals surface area contributed by atoms with Crippen LogP contribution in [0.15, 0.2) is 58.5 Å². The third-order valence-electron chi connectivity index (χ3n) is 7.13. The van der Waals surface area contributed by atoms with E-state index in [4.69, 9.17) is 26.1 Å². The summed E-state index contributed by atoms with van der Waals surface area (Å²) in [6, 6.07) is 5.82. The van der Waals surface area contributed by atoms with Gasteiger partial charge >= 0.3 is 5.76 Å². The maximum atomic E-state index is 11.7. The Labute approximate surface area is 218 Å². The number of nitrogens with zero attached hydrogens (tertiary/aromatic N) is 6. The van der Waals surface area contributed by atoms with Crippen LogP contribution in [0, 0.1) is 11.8 Å². The molecule has 5 aromatic rings. The number of H-pyrrole nitrogens is 1. The smallest absolute Gasteiger partial charge is 0.344 e. The van der Waals surface area contributed by atoms with Crippen molar-refractivity contribution >= 4 is 22.6 Å². The first-order valence-electron chi connectivity index (χ1n) is 12.5. The van der Waals surface area contributed by atoms with Crippen molar-refractivity contribution < 1.29 is 4.52 Å². The summed E-state index contributed by atoms with van der Waals surface area (Å²) in [4.78, 5) is 32.6. The van der Waals surface area contributed by atoms with E-state index in [0.29, 0.717) is 23.1 Å². The Morgan fingerprint density at radius 1 is 1.14 bits per heavy atom. The van der Waals surface area contributed by atoms with Crippen LogP contribution in [0.2, 0.25) is 5.02 Å². The summed E-state index contributed by atoms with van der Waals surface area (Å²) in [5, 5.41) is 4.35. The average Bonchev–Trinajstić information content (AvgIpc) is 3.49. The van der Waals surface area contributed by atoms with Crippen LogP contribution in [-0.4, -0.2) is 34.6 Å². The van der Waals surface area contributed by atoms with Gasteiger partial charge in [0.2, 0.25) is 11.6 Å². The lowest BCUT2D eigenvalue weighted by molar-refractivity contribution is 0.267. The van der Waals surface area contributed by atoms with Gasteiger partial charge in [0.05, 0.1) is 16.1 Å². The first-order chi connectivity index (χ1) is 18.0. The molecule has 10 heteroatoms. The molecule has 0 atom stereocenters. The van der Waals surface area contributed by atoms with Crippen molar-refractivity contribution in [2.45, 2.75) is 45.6 Å². The molecule has 0 spiro atoms. The lowest BCUT2D eigenvalue weighted by Gasteiger charge is -2.26. The van der Waals surface area contributed by atoms with E-state index >= 15 is 0 Å². The fourth-order valence-electron chi connectivity index (χ4n) is 5.23. The molecule has 1 saturated carbocycles. The molecule has 9 nitrogen and oxygen atoms in total. The van der Waals surface area contributed by atoms with E-state index in [1.165, 1.54) is 25.7 Å². The number of hydrogen-bond donors (Lipinski definition) is 1. The molecule has 0 amide bonds. The van der Waals surface area contributed by atoms with Gasteiger partial charge < -0.3 is 4.57 Å². The number of aromatic nitrogens is 7. The van der Waals surface area contributed by atoms with Gasteiger partial charge in [0.15, 0.2) is 0 Å². The first-order valence-corrected chi connectivity index (χ1v) is 12.9. The predicted octanol–water partition coefficient (Wildman–Crippen LogP) is 5.30. The third-order valence-corrected chi connectivity index (χ3v) is 7.33. The Kier molecular flexibility index (Phi) is 6.30. The lowest BCUT2D eigenvalue weighted by Crippen LogP contribution is -2.17. The lowest BCUT2D eigenvalue weighted by atomic mass is 9.83. The highest BCUT2D eigenvalue weighted by atomic mass is 35.5. The second-order valence-electron chi connectivity index (χ2n) is 9.90.